The van der Waals surface area contributed by atoms with Gasteiger partial charge in [-0.2, -0.15) is 5.26 Å². The van der Waals surface area contributed by atoms with E-state index in [2.05, 4.69) is 4.74 Å². The normalized spacial score (nSPS) is 9.61. The highest BCUT2D eigenvalue weighted by Gasteiger charge is 2.24. The number of methoxy groups -OCH3 is 1. The predicted molar refractivity (Wildman–Crippen MR) is 61.4 cm³/mol. The van der Waals surface area contributed by atoms with Crippen molar-refractivity contribution in [3.05, 3.63) is 38.9 Å². The van der Waals surface area contributed by atoms with E-state index < -0.39 is 10.9 Å². The number of carbonyl (C=O) groups is 1. The highest BCUT2D eigenvalue weighted by atomic mass is 16.6. The lowest BCUT2D eigenvalue weighted by molar-refractivity contribution is -0.385. The summed E-state index contributed by atoms with van der Waals surface area (Å²) in [5, 5.41) is 20.0. The summed E-state index contributed by atoms with van der Waals surface area (Å²) in [6, 6.07) is 4.67. The van der Waals surface area contributed by atoms with Crippen molar-refractivity contribution in [3.63, 3.8) is 0 Å². The maximum Gasteiger partial charge on any atom is 0.310 e. The molecule has 1 aromatic rings. The number of carbonyl (C=O) groups excluding carboxylic acids is 1. The van der Waals surface area contributed by atoms with E-state index in [4.69, 9.17) is 11.0 Å². The summed E-state index contributed by atoms with van der Waals surface area (Å²) in [4.78, 5) is 21.5. The van der Waals surface area contributed by atoms with Crippen molar-refractivity contribution >= 4 is 11.7 Å². The molecule has 0 aromatic heterocycles. The van der Waals surface area contributed by atoms with Crippen LogP contribution in [0.25, 0.3) is 0 Å². The summed E-state index contributed by atoms with van der Waals surface area (Å²) in [5.41, 5.74) is 5.43. The molecular formula is C11H11N3O4. The highest BCUT2D eigenvalue weighted by Crippen LogP contribution is 2.27. The molecule has 0 aliphatic rings. The summed E-state index contributed by atoms with van der Waals surface area (Å²) in [5.74, 6) is -0.609. The maximum atomic E-state index is 11.2. The Kier molecular flexibility index (Phi) is 4.34. The first-order chi connectivity index (χ1) is 8.54. The van der Waals surface area contributed by atoms with E-state index in [0.29, 0.717) is 5.56 Å². The topological polar surface area (TPSA) is 119 Å². The molecule has 94 valence electrons. The molecule has 0 aliphatic carbocycles. The molecule has 0 aliphatic heterocycles. The number of ether oxygens (including phenoxy) is 1. The standard InChI is InChI=1S/C11H11N3O4/c1-18-10(15)4-7-2-3-8(5-12)9(6-13)11(7)14(16)17/h2-3H,4-5,12H2,1H3. The Balaban J connectivity index is 3.40. The summed E-state index contributed by atoms with van der Waals surface area (Å²) < 4.78 is 4.45. The summed E-state index contributed by atoms with van der Waals surface area (Å²) >= 11 is 0. The van der Waals surface area contributed by atoms with Crippen LogP contribution in [0, 0.1) is 21.4 Å². The predicted octanol–water partition coefficient (Wildman–Crippen LogP) is 0.641. The molecule has 0 fully saturated rings. The summed E-state index contributed by atoms with van der Waals surface area (Å²) in [6.07, 6.45) is -0.258. The van der Waals surface area contributed by atoms with E-state index in [1.807, 2.05) is 0 Å². The molecule has 0 bridgehead atoms. The minimum absolute atomic E-state index is 0.0161. The molecule has 1 aromatic carbocycles. The van der Waals surface area contributed by atoms with Gasteiger partial charge in [0.1, 0.15) is 11.6 Å². The minimum atomic E-state index is -0.685. The zero-order chi connectivity index (χ0) is 13.7. The van der Waals surface area contributed by atoms with Crippen molar-refractivity contribution < 1.29 is 14.5 Å². The van der Waals surface area contributed by atoms with Crippen molar-refractivity contribution in [3.8, 4) is 6.07 Å². The van der Waals surface area contributed by atoms with E-state index in [1.165, 1.54) is 19.2 Å². The van der Waals surface area contributed by atoms with Gasteiger partial charge >= 0.3 is 5.97 Å². The number of nitro benzene ring substituents is 1. The Hall–Kier alpha value is -2.46. The molecule has 18 heavy (non-hydrogen) atoms. The Morgan fingerprint density at radius 2 is 2.17 bits per heavy atom. The number of nitrogens with zero attached hydrogens (tertiary/aromatic N) is 2. The van der Waals surface area contributed by atoms with Crippen molar-refractivity contribution in [2.75, 3.05) is 7.11 Å². The van der Waals surface area contributed by atoms with Crippen LogP contribution < -0.4 is 5.73 Å². The molecule has 7 nitrogen and oxygen atoms in total. The van der Waals surface area contributed by atoms with Gasteiger partial charge in [0, 0.05) is 12.1 Å². The highest BCUT2D eigenvalue weighted by molar-refractivity contribution is 5.75. The minimum Gasteiger partial charge on any atom is -0.469 e. The number of hydrogen-bond acceptors (Lipinski definition) is 6. The third-order valence-electron chi connectivity index (χ3n) is 2.42. The smallest absolute Gasteiger partial charge is 0.310 e. The molecule has 0 unspecified atom stereocenters. The second-order valence-corrected chi connectivity index (χ2v) is 3.43. The number of rotatable bonds is 4. The number of nitriles is 1. The molecule has 1 rings (SSSR count). The van der Waals surface area contributed by atoms with Gasteiger partial charge in [-0.05, 0) is 5.56 Å². The number of hydrogen-bond donors (Lipinski definition) is 1. The van der Waals surface area contributed by atoms with Crippen molar-refractivity contribution in [1.29, 1.82) is 5.26 Å². The summed E-state index contributed by atoms with van der Waals surface area (Å²) in [7, 11) is 1.19. The first-order valence-electron chi connectivity index (χ1n) is 5.01. The molecule has 0 radical (unpaired) electrons. The first-order valence-corrected chi connectivity index (χ1v) is 5.01. The lowest BCUT2D eigenvalue weighted by atomic mass is 10.00. The quantitative estimate of drug-likeness (QED) is 0.475. The van der Waals surface area contributed by atoms with E-state index >= 15 is 0 Å². The van der Waals surface area contributed by atoms with Crippen molar-refractivity contribution in [2.24, 2.45) is 5.73 Å². The second-order valence-electron chi connectivity index (χ2n) is 3.43. The lowest BCUT2D eigenvalue weighted by Crippen LogP contribution is -2.10. The van der Waals surface area contributed by atoms with Gasteiger partial charge in [-0.25, -0.2) is 0 Å². The fraction of sp³-hybridized carbons (Fsp3) is 0.273. The van der Waals surface area contributed by atoms with Crippen LogP contribution in [0.3, 0.4) is 0 Å². The molecule has 0 saturated heterocycles. The number of nitro groups is 1. The van der Waals surface area contributed by atoms with Gasteiger partial charge in [-0.1, -0.05) is 12.1 Å². The average Bonchev–Trinajstić information content (AvgIpc) is 2.37. The van der Waals surface area contributed by atoms with Crippen LogP contribution in [0.15, 0.2) is 12.1 Å². The third-order valence-corrected chi connectivity index (χ3v) is 2.42. The van der Waals surface area contributed by atoms with Gasteiger partial charge in [0.15, 0.2) is 0 Å². The average molecular weight is 249 g/mol. The lowest BCUT2D eigenvalue weighted by Gasteiger charge is -2.06. The molecule has 0 saturated carbocycles. The SMILES string of the molecule is COC(=O)Cc1ccc(CN)c(C#N)c1[N+](=O)[O-]. The summed E-state index contributed by atoms with van der Waals surface area (Å²) in [6.45, 7) is 0.0161. The van der Waals surface area contributed by atoms with Crippen molar-refractivity contribution in [1.82, 2.24) is 0 Å². The van der Waals surface area contributed by atoms with Gasteiger partial charge in [0.05, 0.1) is 18.5 Å². The van der Waals surface area contributed by atoms with Gasteiger partial charge < -0.3 is 10.5 Å². The van der Waals surface area contributed by atoms with E-state index in [-0.39, 0.29) is 29.8 Å². The van der Waals surface area contributed by atoms with Crippen molar-refractivity contribution in [2.45, 2.75) is 13.0 Å². The maximum absolute atomic E-state index is 11.2. The Labute approximate surface area is 103 Å². The van der Waals surface area contributed by atoms with Crippen LogP contribution in [0.4, 0.5) is 5.69 Å². The van der Waals surface area contributed by atoms with E-state index in [1.54, 1.807) is 6.07 Å². The molecular weight excluding hydrogens is 238 g/mol. The van der Waals surface area contributed by atoms with Crippen LogP contribution in [0.5, 0.6) is 0 Å². The van der Waals surface area contributed by atoms with Gasteiger partial charge in [0.25, 0.3) is 5.69 Å². The largest absolute Gasteiger partial charge is 0.469 e. The van der Waals surface area contributed by atoms with Crippen LogP contribution >= 0.6 is 0 Å². The van der Waals surface area contributed by atoms with Crippen LogP contribution in [0.1, 0.15) is 16.7 Å². The van der Waals surface area contributed by atoms with E-state index in [0.717, 1.165) is 0 Å². The number of benzene rings is 1. The van der Waals surface area contributed by atoms with Crippen LogP contribution in [-0.2, 0) is 22.5 Å². The molecule has 0 amide bonds. The van der Waals surface area contributed by atoms with Crippen LogP contribution in [-0.4, -0.2) is 18.0 Å². The van der Waals surface area contributed by atoms with E-state index in [9.17, 15) is 14.9 Å². The second kappa shape index (κ2) is 5.75. The monoisotopic (exact) mass is 249 g/mol. The number of nitrogens with two attached hydrogens (primary N) is 1. The zero-order valence-electron chi connectivity index (χ0n) is 9.67. The fourth-order valence-corrected chi connectivity index (χ4v) is 1.55. The third kappa shape index (κ3) is 2.61. The Bertz CT molecular complexity index is 534. The Morgan fingerprint density at radius 1 is 1.56 bits per heavy atom. The van der Waals surface area contributed by atoms with Gasteiger partial charge in [-0.3, -0.25) is 14.9 Å². The fourth-order valence-electron chi connectivity index (χ4n) is 1.55. The molecule has 0 atom stereocenters. The number of esters is 1. The zero-order valence-corrected chi connectivity index (χ0v) is 9.67. The molecule has 0 spiro atoms. The van der Waals surface area contributed by atoms with Crippen LogP contribution in [0.2, 0.25) is 0 Å². The first kappa shape index (κ1) is 13.6. The van der Waals surface area contributed by atoms with Gasteiger partial charge in [-0.15, -0.1) is 0 Å². The molecule has 0 heterocycles. The molecule has 2 N–H and O–H groups in total. The molecule has 7 heteroatoms. The van der Waals surface area contributed by atoms with Gasteiger partial charge in [0.2, 0.25) is 0 Å². The Morgan fingerprint density at radius 3 is 2.61 bits per heavy atom.